The van der Waals surface area contributed by atoms with Gasteiger partial charge >= 0.3 is 0 Å². The second-order valence-corrected chi connectivity index (χ2v) is 7.64. The summed E-state index contributed by atoms with van der Waals surface area (Å²) < 4.78 is 12.9. The lowest BCUT2D eigenvalue weighted by Crippen LogP contribution is -2.34. The van der Waals surface area contributed by atoms with Crippen molar-refractivity contribution in [3.63, 3.8) is 0 Å². The third kappa shape index (κ3) is 4.64. The molecule has 2 aromatic rings. The second-order valence-electron chi connectivity index (χ2n) is 6.31. The Bertz CT molecular complexity index is 795. The van der Waals surface area contributed by atoms with Gasteiger partial charge in [-0.2, -0.15) is 0 Å². The largest absolute Gasteiger partial charge is 0.348 e. The maximum absolute atomic E-state index is 12.9. The number of fused-ring (bicyclic) bond motifs is 1. The average molecular weight is 372 g/mol. The van der Waals surface area contributed by atoms with Crippen LogP contribution in [0.4, 0.5) is 10.1 Å². The van der Waals surface area contributed by atoms with Gasteiger partial charge < -0.3 is 10.6 Å². The van der Waals surface area contributed by atoms with Crippen LogP contribution >= 0.6 is 11.8 Å². The zero-order chi connectivity index (χ0) is 18.5. The highest BCUT2D eigenvalue weighted by Gasteiger charge is 2.25. The number of carbonyl (C=O) groups excluding carboxylic acids is 2. The van der Waals surface area contributed by atoms with E-state index < -0.39 is 0 Å². The molecular weight excluding hydrogens is 351 g/mol. The fraction of sp³-hybridized carbons (Fsp3) is 0.300. The van der Waals surface area contributed by atoms with Crippen LogP contribution in [0.3, 0.4) is 0 Å². The van der Waals surface area contributed by atoms with E-state index in [-0.39, 0.29) is 34.7 Å². The quantitative estimate of drug-likeness (QED) is 0.813. The molecule has 0 spiro atoms. The van der Waals surface area contributed by atoms with Gasteiger partial charge in [-0.15, -0.1) is 11.8 Å². The molecule has 26 heavy (non-hydrogen) atoms. The van der Waals surface area contributed by atoms with Gasteiger partial charge in [-0.05, 0) is 55.2 Å². The first kappa shape index (κ1) is 18.5. The molecule has 136 valence electrons. The molecule has 3 rings (SSSR count). The van der Waals surface area contributed by atoms with Gasteiger partial charge in [0, 0.05) is 5.69 Å². The van der Waals surface area contributed by atoms with Crippen molar-refractivity contribution in [2.24, 2.45) is 0 Å². The first-order valence-corrected chi connectivity index (χ1v) is 9.63. The number of rotatable bonds is 6. The number of halogens is 1. The Morgan fingerprint density at radius 3 is 2.69 bits per heavy atom. The molecule has 6 heteroatoms. The van der Waals surface area contributed by atoms with E-state index >= 15 is 0 Å². The Kier molecular flexibility index (Phi) is 5.93. The van der Waals surface area contributed by atoms with Gasteiger partial charge in [-0.25, -0.2) is 4.39 Å². The molecule has 2 N–H and O–H groups in total. The minimum absolute atomic E-state index is 0.0507. The first-order chi connectivity index (χ1) is 12.5. The van der Waals surface area contributed by atoms with E-state index in [0.29, 0.717) is 5.69 Å². The smallest absolute Gasteiger partial charge is 0.234 e. The maximum Gasteiger partial charge on any atom is 0.234 e. The third-order valence-corrected chi connectivity index (χ3v) is 5.55. The Morgan fingerprint density at radius 1 is 1.19 bits per heavy atom. The number of amides is 2. The van der Waals surface area contributed by atoms with Crippen molar-refractivity contribution in [2.75, 3.05) is 11.1 Å². The molecule has 0 aromatic heterocycles. The molecule has 0 saturated heterocycles. The predicted molar refractivity (Wildman–Crippen MR) is 103 cm³/mol. The normalized spacial score (nSPS) is 16.6. The summed E-state index contributed by atoms with van der Waals surface area (Å²) in [6.07, 6.45) is 1.89. The molecule has 0 fully saturated rings. The zero-order valence-corrected chi connectivity index (χ0v) is 15.3. The number of hydrogen-bond acceptors (Lipinski definition) is 3. The minimum atomic E-state index is -0.351. The highest BCUT2D eigenvalue weighted by Crippen LogP contribution is 2.31. The van der Waals surface area contributed by atoms with Gasteiger partial charge in [0.05, 0.1) is 17.0 Å². The van der Waals surface area contributed by atoms with Crippen molar-refractivity contribution in [1.82, 2.24) is 5.32 Å². The number of benzene rings is 2. The molecule has 0 saturated carbocycles. The van der Waals surface area contributed by atoms with Crippen LogP contribution in [-0.4, -0.2) is 22.8 Å². The van der Waals surface area contributed by atoms with E-state index in [1.54, 1.807) is 6.92 Å². The van der Waals surface area contributed by atoms with Crippen LogP contribution in [0.15, 0.2) is 48.5 Å². The van der Waals surface area contributed by atoms with Crippen LogP contribution < -0.4 is 10.6 Å². The van der Waals surface area contributed by atoms with E-state index in [9.17, 15) is 14.0 Å². The molecule has 2 amide bonds. The summed E-state index contributed by atoms with van der Waals surface area (Å²) in [5, 5.41) is 5.44. The topological polar surface area (TPSA) is 58.2 Å². The maximum atomic E-state index is 12.9. The van der Waals surface area contributed by atoms with Crippen LogP contribution in [-0.2, 0) is 16.0 Å². The van der Waals surface area contributed by atoms with Gasteiger partial charge in [0.15, 0.2) is 0 Å². The van der Waals surface area contributed by atoms with Crippen molar-refractivity contribution in [2.45, 2.75) is 31.1 Å². The van der Waals surface area contributed by atoms with E-state index in [1.165, 1.54) is 47.2 Å². The molecule has 2 unspecified atom stereocenters. The second kappa shape index (κ2) is 8.36. The number of anilines is 1. The number of thioether (sulfide) groups is 1. The standard InChI is InChI=1S/C20H21FN2O2S/c1-13(26-12-19(24)22-16-9-7-15(21)8-10-16)20(25)23-18-11-6-14-4-2-3-5-17(14)18/h2-5,7-10,13,18H,6,11-12H2,1H3,(H,22,24)(H,23,25). The highest BCUT2D eigenvalue weighted by atomic mass is 32.2. The molecule has 0 aliphatic heterocycles. The van der Waals surface area contributed by atoms with Gasteiger partial charge in [-0.3, -0.25) is 9.59 Å². The Morgan fingerprint density at radius 2 is 1.92 bits per heavy atom. The van der Waals surface area contributed by atoms with Crippen LogP contribution in [0.1, 0.15) is 30.5 Å². The van der Waals surface area contributed by atoms with E-state index in [1.807, 2.05) is 12.1 Å². The van der Waals surface area contributed by atoms with Gasteiger partial charge in [0.1, 0.15) is 5.82 Å². The summed E-state index contributed by atoms with van der Waals surface area (Å²) in [7, 11) is 0. The average Bonchev–Trinajstić information content (AvgIpc) is 3.04. The summed E-state index contributed by atoms with van der Waals surface area (Å²) in [5.41, 5.74) is 3.01. The monoisotopic (exact) mass is 372 g/mol. The Balaban J connectivity index is 1.46. The number of hydrogen-bond donors (Lipinski definition) is 2. The predicted octanol–water partition coefficient (Wildman–Crippen LogP) is 3.69. The molecular formula is C20H21FN2O2S. The summed E-state index contributed by atoms with van der Waals surface area (Å²) in [4.78, 5) is 24.4. The lowest BCUT2D eigenvalue weighted by Gasteiger charge is -2.17. The SMILES string of the molecule is CC(SCC(=O)Nc1ccc(F)cc1)C(=O)NC1CCc2ccccc21. The highest BCUT2D eigenvalue weighted by molar-refractivity contribution is 8.01. The zero-order valence-electron chi connectivity index (χ0n) is 14.5. The first-order valence-electron chi connectivity index (χ1n) is 8.58. The number of aryl methyl sites for hydroxylation is 1. The summed E-state index contributed by atoms with van der Waals surface area (Å²) >= 11 is 1.28. The minimum Gasteiger partial charge on any atom is -0.348 e. The van der Waals surface area contributed by atoms with Gasteiger partial charge in [0.25, 0.3) is 0 Å². The van der Waals surface area contributed by atoms with Crippen molar-refractivity contribution in [3.05, 3.63) is 65.5 Å². The van der Waals surface area contributed by atoms with Crippen LogP contribution in [0.5, 0.6) is 0 Å². The van der Waals surface area contributed by atoms with E-state index in [0.717, 1.165) is 12.8 Å². The van der Waals surface area contributed by atoms with Crippen LogP contribution in [0, 0.1) is 5.82 Å². The Hall–Kier alpha value is -2.34. The molecule has 1 aliphatic rings. The number of carbonyl (C=O) groups is 2. The lowest BCUT2D eigenvalue weighted by atomic mass is 10.1. The fourth-order valence-corrected chi connectivity index (χ4v) is 3.70. The van der Waals surface area contributed by atoms with Crippen molar-refractivity contribution in [3.8, 4) is 0 Å². The number of nitrogens with one attached hydrogen (secondary N) is 2. The molecule has 2 aromatic carbocycles. The summed E-state index contributed by atoms with van der Waals surface area (Å²) in [6.45, 7) is 1.80. The molecule has 0 heterocycles. The van der Waals surface area contributed by atoms with Gasteiger partial charge in [-0.1, -0.05) is 24.3 Å². The summed E-state index contributed by atoms with van der Waals surface area (Å²) in [5.74, 6) is -0.470. The van der Waals surface area contributed by atoms with Gasteiger partial charge in [0.2, 0.25) is 11.8 Å². The molecule has 0 radical (unpaired) electrons. The third-order valence-electron chi connectivity index (χ3n) is 4.41. The van der Waals surface area contributed by atoms with Crippen molar-refractivity contribution < 1.29 is 14.0 Å². The van der Waals surface area contributed by atoms with Crippen molar-refractivity contribution in [1.29, 1.82) is 0 Å². The molecule has 4 nitrogen and oxygen atoms in total. The molecule has 0 bridgehead atoms. The van der Waals surface area contributed by atoms with Crippen molar-refractivity contribution >= 4 is 29.3 Å². The fourth-order valence-electron chi connectivity index (χ4n) is 3.00. The molecule has 1 aliphatic carbocycles. The van der Waals surface area contributed by atoms with E-state index in [2.05, 4.69) is 22.8 Å². The van der Waals surface area contributed by atoms with Crippen LogP contribution in [0.25, 0.3) is 0 Å². The molecule has 2 atom stereocenters. The van der Waals surface area contributed by atoms with Crippen LogP contribution in [0.2, 0.25) is 0 Å². The lowest BCUT2D eigenvalue weighted by molar-refractivity contribution is -0.121. The Labute approximate surface area is 156 Å². The summed E-state index contributed by atoms with van der Waals surface area (Å²) in [6, 6.07) is 13.8. The van der Waals surface area contributed by atoms with E-state index in [4.69, 9.17) is 0 Å².